The highest BCUT2D eigenvalue weighted by atomic mass is 19.4. The van der Waals surface area contributed by atoms with Gasteiger partial charge in [0.2, 0.25) is 11.8 Å². The molecule has 0 aliphatic carbocycles. The normalized spacial score (nSPS) is 18.4. The van der Waals surface area contributed by atoms with Crippen LogP contribution in [0.3, 0.4) is 0 Å². The van der Waals surface area contributed by atoms with Crippen LogP contribution < -0.4 is 5.32 Å². The highest BCUT2D eigenvalue weighted by molar-refractivity contribution is 5.88. The second kappa shape index (κ2) is 6.21. The zero-order chi connectivity index (χ0) is 16.3. The molecule has 118 valence electrons. The minimum atomic E-state index is -4.46. The van der Waals surface area contributed by atoms with Crippen molar-refractivity contribution in [1.82, 2.24) is 10.2 Å². The van der Waals surface area contributed by atoms with Crippen LogP contribution in [0.1, 0.15) is 17.5 Å². The van der Waals surface area contributed by atoms with Crippen molar-refractivity contribution in [2.45, 2.75) is 25.2 Å². The molecule has 1 fully saturated rings. The molecular weight excluding hydrogens is 297 g/mol. The summed E-state index contributed by atoms with van der Waals surface area (Å²) >= 11 is 0. The molecule has 1 aliphatic rings. The fourth-order valence-corrected chi connectivity index (χ4v) is 2.42. The van der Waals surface area contributed by atoms with E-state index in [-0.39, 0.29) is 31.0 Å². The Bertz CT molecular complexity index is 599. The number of rotatable bonds is 4. The lowest BCUT2D eigenvalue weighted by atomic mass is 10.1. The summed E-state index contributed by atoms with van der Waals surface area (Å²) in [5.74, 6) is -0.693. The van der Waals surface area contributed by atoms with Crippen molar-refractivity contribution in [3.63, 3.8) is 0 Å². The van der Waals surface area contributed by atoms with Gasteiger partial charge in [-0.1, -0.05) is 24.8 Å². The molecule has 2 rings (SSSR count). The summed E-state index contributed by atoms with van der Waals surface area (Å²) in [6.45, 7) is 3.37. The number of hydrogen-bond donors (Lipinski definition) is 1. The number of amides is 2. The molecule has 2 amide bonds. The molecular formula is C15H15F3N2O2. The molecule has 1 atom stereocenters. The summed E-state index contributed by atoms with van der Waals surface area (Å²) in [6, 6.07) is 4.75. The van der Waals surface area contributed by atoms with Crippen LogP contribution in [0.25, 0.3) is 0 Å². The standard InChI is InChI=1S/C15H15F3N2O2/c1-2-13(21)19-11-7-14(22)20(9-11)8-10-5-3-4-6-12(10)15(16,17)18/h2-6,11H,1,7-9H2,(H,19,21)/t11-/m1/s1. The predicted molar refractivity (Wildman–Crippen MR) is 73.6 cm³/mol. The highest BCUT2D eigenvalue weighted by Crippen LogP contribution is 2.32. The van der Waals surface area contributed by atoms with E-state index in [9.17, 15) is 22.8 Å². The van der Waals surface area contributed by atoms with E-state index in [1.165, 1.54) is 23.1 Å². The largest absolute Gasteiger partial charge is 0.416 e. The number of carbonyl (C=O) groups excluding carboxylic acids is 2. The Balaban J connectivity index is 2.10. The van der Waals surface area contributed by atoms with Crippen LogP contribution in [-0.2, 0) is 22.3 Å². The Morgan fingerprint density at radius 2 is 2.09 bits per heavy atom. The van der Waals surface area contributed by atoms with E-state index in [1.807, 2.05) is 0 Å². The van der Waals surface area contributed by atoms with Crippen molar-refractivity contribution >= 4 is 11.8 Å². The zero-order valence-corrected chi connectivity index (χ0v) is 11.7. The van der Waals surface area contributed by atoms with Crippen LogP contribution in [0.2, 0.25) is 0 Å². The Morgan fingerprint density at radius 1 is 1.41 bits per heavy atom. The molecule has 22 heavy (non-hydrogen) atoms. The van der Waals surface area contributed by atoms with E-state index in [1.54, 1.807) is 0 Å². The van der Waals surface area contributed by atoms with Gasteiger partial charge in [0.05, 0.1) is 11.6 Å². The third-order valence-corrected chi connectivity index (χ3v) is 3.43. The Hall–Kier alpha value is -2.31. The summed E-state index contributed by atoms with van der Waals surface area (Å²) in [5.41, 5.74) is -0.708. The van der Waals surface area contributed by atoms with E-state index in [2.05, 4.69) is 11.9 Å². The van der Waals surface area contributed by atoms with Crippen molar-refractivity contribution < 1.29 is 22.8 Å². The molecule has 0 saturated carbocycles. The first kappa shape index (κ1) is 16.1. The molecule has 4 nitrogen and oxygen atoms in total. The summed E-state index contributed by atoms with van der Waals surface area (Å²) in [5, 5.41) is 2.58. The fraction of sp³-hybridized carbons (Fsp3) is 0.333. The maximum absolute atomic E-state index is 12.9. The van der Waals surface area contributed by atoms with Crippen molar-refractivity contribution in [2.24, 2.45) is 0 Å². The third kappa shape index (κ3) is 3.66. The number of carbonyl (C=O) groups is 2. The van der Waals surface area contributed by atoms with Crippen molar-refractivity contribution in [3.05, 3.63) is 48.0 Å². The first-order valence-electron chi connectivity index (χ1n) is 6.67. The van der Waals surface area contributed by atoms with Gasteiger partial charge in [0.25, 0.3) is 0 Å². The van der Waals surface area contributed by atoms with Gasteiger partial charge in [-0.05, 0) is 17.7 Å². The first-order valence-corrected chi connectivity index (χ1v) is 6.67. The Kier molecular flexibility index (Phi) is 4.54. The Labute approximate surface area is 125 Å². The molecule has 0 bridgehead atoms. The lowest BCUT2D eigenvalue weighted by Gasteiger charge is -2.20. The van der Waals surface area contributed by atoms with Gasteiger partial charge in [0.15, 0.2) is 0 Å². The fourth-order valence-electron chi connectivity index (χ4n) is 2.42. The van der Waals surface area contributed by atoms with Crippen LogP contribution in [0, 0.1) is 0 Å². The average molecular weight is 312 g/mol. The van der Waals surface area contributed by atoms with Crippen LogP contribution >= 0.6 is 0 Å². The minimum absolute atomic E-state index is 0.0408. The number of nitrogens with zero attached hydrogens (tertiary/aromatic N) is 1. The van der Waals surface area contributed by atoms with Crippen LogP contribution in [0.15, 0.2) is 36.9 Å². The maximum atomic E-state index is 12.9. The number of benzene rings is 1. The van der Waals surface area contributed by atoms with Crippen molar-refractivity contribution in [3.8, 4) is 0 Å². The van der Waals surface area contributed by atoms with Gasteiger partial charge in [0.1, 0.15) is 0 Å². The molecule has 1 heterocycles. The number of nitrogens with one attached hydrogen (secondary N) is 1. The summed E-state index contributed by atoms with van der Waals surface area (Å²) < 4.78 is 38.8. The van der Waals surface area contributed by atoms with Gasteiger partial charge in [-0.3, -0.25) is 9.59 Å². The second-order valence-corrected chi connectivity index (χ2v) is 5.04. The van der Waals surface area contributed by atoms with Crippen LogP contribution in [0.5, 0.6) is 0 Å². The number of hydrogen-bond acceptors (Lipinski definition) is 2. The first-order chi connectivity index (χ1) is 10.3. The van der Waals surface area contributed by atoms with Crippen molar-refractivity contribution in [1.29, 1.82) is 0 Å². The molecule has 1 aromatic rings. The van der Waals surface area contributed by atoms with Gasteiger partial charge in [-0.25, -0.2) is 0 Å². The maximum Gasteiger partial charge on any atom is 0.416 e. The second-order valence-electron chi connectivity index (χ2n) is 5.04. The van der Waals surface area contributed by atoms with E-state index in [0.29, 0.717) is 0 Å². The summed E-state index contributed by atoms with van der Waals surface area (Å²) in [7, 11) is 0. The lowest BCUT2D eigenvalue weighted by molar-refractivity contribution is -0.139. The Morgan fingerprint density at radius 3 is 2.73 bits per heavy atom. The SMILES string of the molecule is C=CC(=O)N[C@@H]1CC(=O)N(Cc2ccccc2C(F)(F)F)C1. The van der Waals surface area contributed by atoms with Gasteiger partial charge in [-0.2, -0.15) is 13.2 Å². The highest BCUT2D eigenvalue weighted by Gasteiger charge is 2.35. The molecule has 1 aromatic carbocycles. The topological polar surface area (TPSA) is 49.4 Å². The van der Waals surface area contributed by atoms with E-state index in [4.69, 9.17) is 0 Å². The van der Waals surface area contributed by atoms with Crippen molar-refractivity contribution in [2.75, 3.05) is 6.54 Å². The van der Waals surface area contributed by atoms with Gasteiger partial charge in [0, 0.05) is 19.5 Å². The van der Waals surface area contributed by atoms with E-state index < -0.39 is 23.7 Å². The van der Waals surface area contributed by atoms with Crippen LogP contribution in [0.4, 0.5) is 13.2 Å². The predicted octanol–water partition coefficient (Wildman–Crippen LogP) is 2.11. The molecule has 0 spiro atoms. The van der Waals surface area contributed by atoms with E-state index >= 15 is 0 Å². The molecule has 1 saturated heterocycles. The molecule has 7 heteroatoms. The molecule has 1 N–H and O–H groups in total. The summed E-state index contributed by atoms with van der Waals surface area (Å²) in [6.07, 6.45) is -3.30. The minimum Gasteiger partial charge on any atom is -0.348 e. The molecule has 0 unspecified atom stereocenters. The number of likely N-dealkylation sites (tertiary alicyclic amines) is 1. The van der Waals surface area contributed by atoms with Gasteiger partial charge >= 0.3 is 6.18 Å². The van der Waals surface area contributed by atoms with Gasteiger partial charge in [-0.15, -0.1) is 0 Å². The number of halogens is 3. The monoisotopic (exact) mass is 312 g/mol. The van der Waals surface area contributed by atoms with Gasteiger partial charge < -0.3 is 10.2 Å². The molecule has 1 aliphatic heterocycles. The molecule has 0 radical (unpaired) electrons. The van der Waals surface area contributed by atoms with Crippen LogP contribution in [-0.4, -0.2) is 29.3 Å². The third-order valence-electron chi connectivity index (χ3n) is 3.43. The molecule has 0 aromatic heterocycles. The lowest BCUT2D eigenvalue weighted by Crippen LogP contribution is -2.36. The zero-order valence-electron chi connectivity index (χ0n) is 11.7. The average Bonchev–Trinajstić information content (AvgIpc) is 2.78. The number of alkyl halides is 3. The summed E-state index contributed by atoms with van der Waals surface area (Å²) in [4.78, 5) is 24.4. The smallest absolute Gasteiger partial charge is 0.348 e. The quantitative estimate of drug-likeness (QED) is 0.866. The van der Waals surface area contributed by atoms with E-state index in [0.717, 1.165) is 12.1 Å².